The van der Waals surface area contributed by atoms with E-state index in [1.54, 1.807) is 6.92 Å². The number of aromatic amines is 1. The van der Waals surface area contributed by atoms with Gasteiger partial charge in [-0.2, -0.15) is 0 Å². The zero-order valence-electron chi connectivity index (χ0n) is 13.9. The Balaban J connectivity index is 0.000000511. The summed E-state index contributed by atoms with van der Waals surface area (Å²) in [6.07, 6.45) is -2.44. The molecule has 2 aromatic rings. The van der Waals surface area contributed by atoms with Crippen molar-refractivity contribution in [2.24, 2.45) is 0 Å². The fraction of sp³-hybridized carbons (Fsp3) is 0.583. The van der Waals surface area contributed by atoms with Gasteiger partial charge < -0.3 is 24.7 Å². The molecule has 13 heteroatoms. The van der Waals surface area contributed by atoms with Crippen molar-refractivity contribution in [3.05, 3.63) is 22.5 Å². The smallest absolute Gasteiger partial charge is 0.279 e. The zero-order valence-corrected chi connectivity index (χ0v) is 13.9. The van der Waals surface area contributed by atoms with Crippen LogP contribution in [0.2, 0.25) is 0 Å². The molecule has 1 saturated heterocycles. The van der Waals surface area contributed by atoms with Crippen LogP contribution in [-0.2, 0) is 9.47 Å². The summed E-state index contributed by atoms with van der Waals surface area (Å²) in [7, 11) is 15.4. The highest BCUT2D eigenvalue weighted by atomic mass is 16.6. The van der Waals surface area contributed by atoms with E-state index in [0.717, 1.165) is 0 Å². The lowest BCUT2D eigenvalue weighted by Crippen LogP contribution is -2.35. The van der Waals surface area contributed by atoms with Crippen LogP contribution >= 0.6 is 0 Å². The van der Waals surface area contributed by atoms with Crippen LogP contribution in [0.3, 0.4) is 0 Å². The number of aliphatic hydroxyl groups is 2. The maximum absolute atomic E-state index is 11.8. The Morgan fingerprint density at radius 1 is 1.48 bits per heavy atom. The Morgan fingerprint density at radius 2 is 2.12 bits per heavy atom. The van der Waals surface area contributed by atoms with E-state index >= 15 is 0 Å². The van der Waals surface area contributed by atoms with E-state index in [1.807, 2.05) is 0 Å². The number of fused-ring (bicyclic) bond motifs is 1. The highest BCUT2D eigenvalue weighted by Crippen LogP contribution is 2.32. The summed E-state index contributed by atoms with van der Waals surface area (Å²) in [4.78, 5) is 22.6. The van der Waals surface area contributed by atoms with Gasteiger partial charge in [-0.25, -0.2) is 9.97 Å². The Labute approximate surface area is 148 Å². The van der Waals surface area contributed by atoms with Gasteiger partial charge in [-0.1, -0.05) is 0 Å². The van der Waals surface area contributed by atoms with Gasteiger partial charge in [0.2, 0.25) is 0 Å². The van der Waals surface area contributed by atoms with E-state index in [0.29, 0.717) is 11.5 Å². The number of methoxy groups -OCH3 is 1. The second-order valence-electron chi connectivity index (χ2n) is 5.49. The average molecular weight is 340 g/mol. The third-order valence-corrected chi connectivity index (χ3v) is 3.59. The molecule has 126 valence electrons. The lowest BCUT2D eigenvalue weighted by atomic mass is 9.08. The number of H-pyrrole nitrogens is 1. The standard InChI is InChI=1S/C12H16N4O5.B4/c1-5-14-10-7(11(19)15-5)13-4-16(10)12-8(18)9(20-2)6(3-17)21-12;1-4(2)3/h4,6,8-9,12,17-18H,3H2,1-2H3,(H,14,15,19);/t6-,8?,9+,12-;/m1./s1. The van der Waals surface area contributed by atoms with E-state index in [-0.39, 0.29) is 17.7 Å². The Kier molecular flexibility index (Phi) is 6.50. The number of aliphatic hydroxyl groups excluding tert-OH is 2. The number of rotatable bonds is 3. The molecule has 0 aliphatic carbocycles. The van der Waals surface area contributed by atoms with Gasteiger partial charge >= 0.3 is 0 Å². The first-order chi connectivity index (χ1) is 11.8. The van der Waals surface area contributed by atoms with E-state index in [9.17, 15) is 15.0 Å². The number of ether oxygens (including phenoxy) is 2. The van der Waals surface area contributed by atoms with Crippen molar-refractivity contribution in [3.8, 4) is 0 Å². The fourth-order valence-corrected chi connectivity index (χ4v) is 2.61. The lowest BCUT2D eigenvalue weighted by Gasteiger charge is -2.17. The Morgan fingerprint density at radius 3 is 2.64 bits per heavy atom. The molecule has 0 aromatic carbocycles. The minimum absolute atomic E-state index is 0.165. The summed E-state index contributed by atoms with van der Waals surface area (Å²) in [5.74, 6) is 0.434. The van der Waals surface area contributed by atoms with Crippen molar-refractivity contribution in [1.29, 1.82) is 0 Å². The third-order valence-electron chi connectivity index (χ3n) is 3.59. The van der Waals surface area contributed by atoms with Crippen LogP contribution in [0.1, 0.15) is 12.1 Å². The molecule has 1 fully saturated rings. The van der Waals surface area contributed by atoms with Crippen LogP contribution in [0.25, 0.3) is 11.2 Å². The Hall–Kier alpha value is -1.55. The predicted molar refractivity (Wildman–Crippen MR) is 93.7 cm³/mol. The van der Waals surface area contributed by atoms with Gasteiger partial charge in [0, 0.05) is 36.7 Å². The lowest BCUT2D eigenvalue weighted by molar-refractivity contribution is -0.0536. The van der Waals surface area contributed by atoms with Crippen LogP contribution in [0, 0.1) is 6.92 Å². The number of nitrogens with one attached hydrogen (secondary N) is 1. The predicted octanol–water partition coefficient (Wildman–Crippen LogP) is -2.83. The molecule has 0 saturated carbocycles. The van der Waals surface area contributed by atoms with Crippen LogP contribution in [0.5, 0.6) is 0 Å². The number of hydrogen-bond acceptors (Lipinski definition) is 7. The Bertz CT molecular complexity index is 767. The number of hydrogen-bond donors (Lipinski definition) is 3. The first-order valence-electron chi connectivity index (χ1n) is 7.47. The van der Waals surface area contributed by atoms with Gasteiger partial charge in [0.1, 0.15) is 24.1 Å². The first kappa shape index (κ1) is 19.8. The minimum atomic E-state index is -1.01. The maximum atomic E-state index is 11.8. The summed E-state index contributed by atoms with van der Waals surface area (Å²) in [6.45, 7) is 1.37. The maximum Gasteiger partial charge on any atom is 0.279 e. The molecule has 1 unspecified atom stereocenters. The SMILES string of the molecule is CO[C@@H]1C(O)[C@H](n2cnc3c(=O)[nH]c(C)nc32)O[C@@H]1CO.[B]B([B])[B]. The highest BCUT2D eigenvalue weighted by molar-refractivity contribution is 7.49. The monoisotopic (exact) mass is 340 g/mol. The average Bonchev–Trinajstić information content (AvgIpc) is 3.07. The van der Waals surface area contributed by atoms with E-state index in [2.05, 4.69) is 38.2 Å². The highest BCUT2D eigenvalue weighted by Gasteiger charge is 2.45. The minimum Gasteiger partial charge on any atom is -0.394 e. The van der Waals surface area contributed by atoms with Crippen molar-refractivity contribution in [3.63, 3.8) is 0 Å². The van der Waals surface area contributed by atoms with Gasteiger partial charge in [-0.3, -0.25) is 9.36 Å². The van der Waals surface area contributed by atoms with Crippen LogP contribution < -0.4 is 5.56 Å². The molecule has 3 N–H and O–H groups in total. The van der Waals surface area contributed by atoms with Gasteiger partial charge in [-0.05, 0) is 6.92 Å². The van der Waals surface area contributed by atoms with Crippen molar-refractivity contribution in [2.45, 2.75) is 31.5 Å². The van der Waals surface area contributed by atoms with Gasteiger partial charge in [0.25, 0.3) is 5.56 Å². The molecule has 9 nitrogen and oxygen atoms in total. The second kappa shape index (κ2) is 8.22. The molecule has 3 rings (SSSR count). The van der Waals surface area contributed by atoms with E-state index in [4.69, 9.17) is 9.47 Å². The first-order valence-corrected chi connectivity index (χ1v) is 7.47. The van der Waals surface area contributed by atoms with Crippen LogP contribution in [0.15, 0.2) is 11.1 Å². The molecule has 0 bridgehead atoms. The molecular formula is C12H16B4N4O5. The number of imidazole rings is 1. The molecule has 1 aliphatic heterocycles. The van der Waals surface area contributed by atoms with E-state index in [1.165, 1.54) is 18.0 Å². The van der Waals surface area contributed by atoms with Crippen molar-refractivity contribution >= 4 is 40.8 Å². The van der Waals surface area contributed by atoms with Crippen molar-refractivity contribution in [1.82, 2.24) is 19.5 Å². The van der Waals surface area contributed by atoms with Crippen LogP contribution in [-0.4, -0.2) is 91.4 Å². The third kappa shape index (κ3) is 4.17. The zero-order chi connectivity index (χ0) is 18.7. The van der Waals surface area contributed by atoms with Crippen molar-refractivity contribution in [2.75, 3.05) is 13.7 Å². The number of aromatic nitrogens is 4. The summed E-state index contributed by atoms with van der Waals surface area (Å²) < 4.78 is 12.2. The summed E-state index contributed by atoms with van der Waals surface area (Å²) in [5, 5.41) is 19.6. The fourth-order valence-electron chi connectivity index (χ4n) is 2.61. The van der Waals surface area contributed by atoms with Gasteiger partial charge in [0.15, 0.2) is 17.4 Å². The number of nitrogens with zero attached hydrogens (tertiary/aromatic N) is 3. The second-order valence-corrected chi connectivity index (χ2v) is 5.49. The normalized spacial score (nSPS) is 25.6. The summed E-state index contributed by atoms with van der Waals surface area (Å²) >= 11 is 0. The molecule has 2 aromatic heterocycles. The largest absolute Gasteiger partial charge is 0.394 e. The summed E-state index contributed by atoms with van der Waals surface area (Å²) in [6, 6.07) is 0. The van der Waals surface area contributed by atoms with Gasteiger partial charge in [-0.15, -0.1) is 0 Å². The molecule has 4 atom stereocenters. The molecule has 3 heterocycles. The van der Waals surface area contributed by atoms with Crippen molar-refractivity contribution < 1.29 is 19.7 Å². The molecule has 1 aliphatic rings. The van der Waals surface area contributed by atoms with Crippen LogP contribution in [0.4, 0.5) is 0 Å². The summed E-state index contributed by atoms with van der Waals surface area (Å²) in [5.41, 5.74) is 0.122. The quantitative estimate of drug-likeness (QED) is 0.515. The molecule has 0 amide bonds. The molecule has 25 heavy (non-hydrogen) atoms. The van der Waals surface area contributed by atoms with E-state index < -0.39 is 30.9 Å². The molecular weight excluding hydrogens is 323 g/mol. The molecule has 6 radical (unpaired) electrons. The van der Waals surface area contributed by atoms with Gasteiger partial charge in [0.05, 0.1) is 12.9 Å². The molecule has 0 spiro atoms. The topological polar surface area (TPSA) is 122 Å². The number of aryl methyl sites for hydroxylation is 1.